The Bertz CT molecular complexity index is 320. The number of epoxide rings is 1. The fourth-order valence-electron chi connectivity index (χ4n) is 1.10. The van der Waals surface area contributed by atoms with Crippen LogP contribution in [0.15, 0.2) is 18.2 Å². The summed E-state index contributed by atoms with van der Waals surface area (Å²) < 4.78 is 18.1. The van der Waals surface area contributed by atoms with E-state index in [9.17, 15) is 4.39 Å². The second-order valence-corrected chi connectivity index (χ2v) is 3.56. The molecular formula is C9H8ClFO. The van der Waals surface area contributed by atoms with Gasteiger partial charge in [0, 0.05) is 0 Å². The molecule has 1 fully saturated rings. The molecule has 0 amide bonds. The van der Waals surface area contributed by atoms with E-state index in [1.165, 1.54) is 6.07 Å². The van der Waals surface area contributed by atoms with Gasteiger partial charge in [0.25, 0.3) is 0 Å². The van der Waals surface area contributed by atoms with Crippen LogP contribution in [0.2, 0.25) is 5.02 Å². The summed E-state index contributed by atoms with van der Waals surface area (Å²) in [5.74, 6) is -0.383. The van der Waals surface area contributed by atoms with Gasteiger partial charge < -0.3 is 4.74 Å². The topological polar surface area (TPSA) is 12.5 Å². The van der Waals surface area contributed by atoms with Gasteiger partial charge in [-0.2, -0.15) is 0 Å². The van der Waals surface area contributed by atoms with Gasteiger partial charge in [-0.25, -0.2) is 4.39 Å². The molecule has 1 aromatic rings. The van der Waals surface area contributed by atoms with Gasteiger partial charge in [-0.3, -0.25) is 0 Å². The Labute approximate surface area is 75.1 Å². The molecule has 1 aliphatic heterocycles. The first-order valence-corrected chi connectivity index (χ1v) is 4.09. The molecule has 3 heteroatoms. The lowest BCUT2D eigenvalue weighted by Gasteiger charge is -2.05. The Hall–Kier alpha value is -0.600. The van der Waals surface area contributed by atoms with E-state index < -0.39 is 0 Å². The standard InChI is InChI=1S/C9H8ClFO/c1-9(5-12-9)6-2-3-7(10)8(11)4-6/h2-4H,5H2,1H3. The molecular weight excluding hydrogens is 179 g/mol. The number of hydrogen-bond acceptors (Lipinski definition) is 1. The minimum Gasteiger partial charge on any atom is -0.365 e. The van der Waals surface area contributed by atoms with Crippen molar-refractivity contribution in [3.8, 4) is 0 Å². The average Bonchev–Trinajstić information content (AvgIpc) is 2.75. The van der Waals surface area contributed by atoms with Gasteiger partial charge in [0.05, 0.1) is 11.6 Å². The minimum absolute atomic E-state index is 0.156. The Morgan fingerprint density at radius 1 is 1.58 bits per heavy atom. The van der Waals surface area contributed by atoms with Gasteiger partial charge in [0.15, 0.2) is 0 Å². The number of halogens is 2. The molecule has 1 unspecified atom stereocenters. The highest BCUT2D eigenvalue weighted by molar-refractivity contribution is 6.30. The molecule has 0 aromatic heterocycles. The third-order valence-electron chi connectivity index (χ3n) is 2.11. The first kappa shape index (κ1) is 8.02. The zero-order valence-corrected chi connectivity index (χ0v) is 7.36. The Morgan fingerprint density at radius 3 is 2.75 bits per heavy atom. The summed E-state index contributed by atoms with van der Waals surface area (Å²) >= 11 is 5.54. The lowest BCUT2D eigenvalue weighted by molar-refractivity contribution is 0.328. The Balaban J connectivity index is 2.41. The lowest BCUT2D eigenvalue weighted by Crippen LogP contribution is -2.02. The van der Waals surface area contributed by atoms with Crippen molar-refractivity contribution in [3.05, 3.63) is 34.6 Å². The molecule has 0 spiro atoms. The predicted octanol–water partition coefficient (Wildman–Crippen LogP) is 2.72. The van der Waals surface area contributed by atoms with E-state index in [0.29, 0.717) is 6.61 Å². The Morgan fingerprint density at radius 2 is 2.25 bits per heavy atom. The molecule has 12 heavy (non-hydrogen) atoms. The van der Waals surface area contributed by atoms with Gasteiger partial charge >= 0.3 is 0 Å². The predicted molar refractivity (Wildman–Crippen MR) is 44.7 cm³/mol. The van der Waals surface area contributed by atoms with Gasteiger partial charge in [-0.15, -0.1) is 0 Å². The summed E-state index contributed by atoms with van der Waals surface area (Å²) in [6, 6.07) is 4.77. The monoisotopic (exact) mass is 186 g/mol. The largest absolute Gasteiger partial charge is 0.365 e. The maximum atomic E-state index is 12.9. The van der Waals surface area contributed by atoms with Crippen LogP contribution in [-0.2, 0) is 10.3 Å². The van der Waals surface area contributed by atoms with Crippen LogP contribution < -0.4 is 0 Å². The summed E-state index contributed by atoms with van der Waals surface area (Å²) in [6.07, 6.45) is 0. The van der Waals surface area contributed by atoms with Crippen molar-refractivity contribution in [2.24, 2.45) is 0 Å². The third-order valence-corrected chi connectivity index (χ3v) is 2.41. The van der Waals surface area contributed by atoms with E-state index in [1.807, 2.05) is 6.92 Å². The second kappa shape index (κ2) is 2.44. The molecule has 1 aliphatic rings. The molecule has 64 valence electrons. The molecule has 1 saturated heterocycles. The maximum Gasteiger partial charge on any atom is 0.142 e. The van der Waals surface area contributed by atoms with Crippen molar-refractivity contribution in [2.75, 3.05) is 6.61 Å². The fourth-order valence-corrected chi connectivity index (χ4v) is 1.22. The van der Waals surface area contributed by atoms with E-state index in [0.717, 1.165) is 5.56 Å². The van der Waals surface area contributed by atoms with Crippen molar-refractivity contribution in [3.63, 3.8) is 0 Å². The first-order valence-electron chi connectivity index (χ1n) is 3.71. The van der Waals surface area contributed by atoms with Crippen LogP contribution in [0.1, 0.15) is 12.5 Å². The highest BCUT2D eigenvalue weighted by Crippen LogP contribution is 2.38. The first-order chi connectivity index (χ1) is 5.62. The van der Waals surface area contributed by atoms with E-state index in [1.54, 1.807) is 12.1 Å². The average molecular weight is 187 g/mol. The van der Waals surface area contributed by atoms with E-state index in [2.05, 4.69) is 0 Å². The van der Waals surface area contributed by atoms with Crippen molar-refractivity contribution in [1.82, 2.24) is 0 Å². The number of ether oxygens (including phenoxy) is 1. The highest BCUT2D eigenvalue weighted by Gasteiger charge is 2.41. The van der Waals surface area contributed by atoms with Gasteiger partial charge in [-0.1, -0.05) is 17.7 Å². The zero-order valence-electron chi connectivity index (χ0n) is 6.60. The number of hydrogen-bond donors (Lipinski definition) is 0. The number of rotatable bonds is 1. The molecule has 1 aromatic carbocycles. The number of benzene rings is 1. The zero-order chi connectivity index (χ0) is 8.77. The maximum absolute atomic E-state index is 12.9. The Kier molecular flexibility index (Phi) is 1.63. The van der Waals surface area contributed by atoms with Crippen LogP contribution in [0, 0.1) is 5.82 Å². The van der Waals surface area contributed by atoms with E-state index in [-0.39, 0.29) is 16.4 Å². The molecule has 0 radical (unpaired) electrons. The third kappa shape index (κ3) is 1.21. The molecule has 0 N–H and O–H groups in total. The van der Waals surface area contributed by atoms with Crippen LogP contribution in [0.25, 0.3) is 0 Å². The molecule has 1 atom stereocenters. The van der Waals surface area contributed by atoms with Crippen molar-refractivity contribution in [2.45, 2.75) is 12.5 Å². The van der Waals surface area contributed by atoms with Crippen LogP contribution in [0.4, 0.5) is 4.39 Å². The summed E-state index contributed by atoms with van der Waals surface area (Å²) in [7, 11) is 0. The normalized spacial score (nSPS) is 27.2. The van der Waals surface area contributed by atoms with Crippen LogP contribution in [0.5, 0.6) is 0 Å². The minimum atomic E-state index is -0.383. The molecule has 1 nitrogen and oxygen atoms in total. The molecule has 0 bridgehead atoms. The lowest BCUT2D eigenvalue weighted by atomic mass is 10.0. The van der Waals surface area contributed by atoms with Crippen molar-refractivity contribution < 1.29 is 9.13 Å². The van der Waals surface area contributed by atoms with Crippen LogP contribution in [0.3, 0.4) is 0 Å². The summed E-state index contributed by atoms with van der Waals surface area (Å²) in [5.41, 5.74) is 0.579. The van der Waals surface area contributed by atoms with Crippen molar-refractivity contribution >= 4 is 11.6 Å². The quantitative estimate of drug-likeness (QED) is 0.615. The molecule has 2 rings (SSSR count). The molecule has 0 aliphatic carbocycles. The van der Waals surface area contributed by atoms with Gasteiger partial charge in [0.1, 0.15) is 11.4 Å². The van der Waals surface area contributed by atoms with Crippen LogP contribution >= 0.6 is 11.6 Å². The van der Waals surface area contributed by atoms with E-state index >= 15 is 0 Å². The van der Waals surface area contributed by atoms with Gasteiger partial charge in [0.2, 0.25) is 0 Å². The summed E-state index contributed by atoms with van der Waals surface area (Å²) in [5, 5.41) is 0.156. The SMILES string of the molecule is CC1(c2ccc(Cl)c(F)c2)CO1. The highest BCUT2D eigenvalue weighted by atomic mass is 35.5. The summed E-state index contributed by atoms with van der Waals surface area (Å²) in [4.78, 5) is 0. The molecule has 0 saturated carbocycles. The smallest absolute Gasteiger partial charge is 0.142 e. The molecule has 1 heterocycles. The fraction of sp³-hybridized carbons (Fsp3) is 0.333. The van der Waals surface area contributed by atoms with Crippen molar-refractivity contribution in [1.29, 1.82) is 0 Å². The van der Waals surface area contributed by atoms with Gasteiger partial charge in [-0.05, 0) is 24.6 Å². The summed E-state index contributed by atoms with van der Waals surface area (Å²) in [6.45, 7) is 2.59. The van der Waals surface area contributed by atoms with Crippen LogP contribution in [-0.4, -0.2) is 6.61 Å². The second-order valence-electron chi connectivity index (χ2n) is 3.15. The van der Waals surface area contributed by atoms with E-state index in [4.69, 9.17) is 16.3 Å².